The van der Waals surface area contributed by atoms with Crippen LogP contribution in [-0.4, -0.2) is 18.9 Å². The van der Waals surface area contributed by atoms with E-state index in [9.17, 15) is 0 Å². The summed E-state index contributed by atoms with van der Waals surface area (Å²) < 4.78 is 6.00. The molecule has 1 aromatic rings. The van der Waals surface area contributed by atoms with E-state index in [0.717, 1.165) is 35.1 Å². The van der Waals surface area contributed by atoms with Gasteiger partial charge in [0.05, 0.1) is 8.15 Å². The van der Waals surface area contributed by atoms with Gasteiger partial charge in [-0.2, -0.15) is 0 Å². The Balaban J connectivity index is 2.86. The standard InChI is InChI=1S/C12H19ClNOP/c1-3-16(4-2)15-12-9-11(13)6-5-10(12)7-8-14/h5-6,9H,3-4,7-8,14H2,1-2H3. The second kappa shape index (κ2) is 7.11. The number of rotatable bonds is 6. The van der Waals surface area contributed by atoms with E-state index >= 15 is 0 Å². The number of nitrogens with two attached hydrogens (primary N) is 1. The van der Waals surface area contributed by atoms with E-state index < -0.39 is 0 Å². The van der Waals surface area contributed by atoms with Crippen molar-refractivity contribution >= 4 is 19.7 Å². The first-order valence-electron chi connectivity index (χ1n) is 5.62. The van der Waals surface area contributed by atoms with Gasteiger partial charge in [0.2, 0.25) is 0 Å². The van der Waals surface area contributed by atoms with Gasteiger partial charge < -0.3 is 10.3 Å². The minimum atomic E-state index is -0.371. The minimum absolute atomic E-state index is 0.371. The molecule has 16 heavy (non-hydrogen) atoms. The Morgan fingerprint density at radius 3 is 2.56 bits per heavy atom. The van der Waals surface area contributed by atoms with E-state index in [0.29, 0.717) is 6.54 Å². The lowest BCUT2D eigenvalue weighted by molar-refractivity contribution is 0.603. The Morgan fingerprint density at radius 2 is 2.00 bits per heavy atom. The van der Waals surface area contributed by atoms with Crippen LogP contribution in [0.3, 0.4) is 0 Å². The van der Waals surface area contributed by atoms with Gasteiger partial charge in [-0.1, -0.05) is 31.5 Å². The van der Waals surface area contributed by atoms with Crippen LogP contribution in [0.15, 0.2) is 18.2 Å². The van der Waals surface area contributed by atoms with E-state index in [2.05, 4.69) is 13.8 Å². The van der Waals surface area contributed by atoms with E-state index in [1.807, 2.05) is 18.2 Å². The van der Waals surface area contributed by atoms with Crippen molar-refractivity contribution in [3.63, 3.8) is 0 Å². The molecule has 4 heteroatoms. The maximum absolute atomic E-state index is 6.00. The molecular weight excluding hydrogens is 241 g/mol. The Labute approximate surface area is 104 Å². The third-order valence-corrected chi connectivity index (χ3v) is 4.48. The van der Waals surface area contributed by atoms with Gasteiger partial charge in [-0.15, -0.1) is 0 Å². The van der Waals surface area contributed by atoms with E-state index in [1.54, 1.807) is 0 Å². The van der Waals surface area contributed by atoms with Crippen LogP contribution in [0, 0.1) is 0 Å². The molecule has 0 aromatic heterocycles. The SMILES string of the molecule is CCP(CC)Oc1cc(Cl)ccc1CCN. The summed E-state index contributed by atoms with van der Waals surface area (Å²) in [5.74, 6) is 0.910. The molecule has 0 heterocycles. The lowest BCUT2D eigenvalue weighted by Crippen LogP contribution is -2.04. The van der Waals surface area contributed by atoms with Crippen LogP contribution in [0.5, 0.6) is 5.75 Å². The number of hydrogen-bond donors (Lipinski definition) is 1. The zero-order valence-electron chi connectivity index (χ0n) is 9.87. The van der Waals surface area contributed by atoms with Crippen LogP contribution in [0.2, 0.25) is 5.02 Å². The molecule has 2 nitrogen and oxygen atoms in total. The van der Waals surface area contributed by atoms with Crippen LogP contribution in [-0.2, 0) is 6.42 Å². The van der Waals surface area contributed by atoms with Gasteiger partial charge >= 0.3 is 0 Å². The predicted molar refractivity (Wildman–Crippen MR) is 72.8 cm³/mol. The Kier molecular flexibility index (Phi) is 6.12. The maximum atomic E-state index is 6.00. The molecule has 0 saturated carbocycles. The molecule has 90 valence electrons. The van der Waals surface area contributed by atoms with Crippen LogP contribution in [0.1, 0.15) is 19.4 Å². The summed E-state index contributed by atoms with van der Waals surface area (Å²) in [6.07, 6.45) is 2.98. The Hall–Kier alpha value is -0.300. The van der Waals surface area contributed by atoms with Crippen molar-refractivity contribution in [2.24, 2.45) is 5.73 Å². The lowest BCUT2D eigenvalue weighted by atomic mass is 10.1. The van der Waals surface area contributed by atoms with Gasteiger partial charge in [0.15, 0.2) is 0 Å². The zero-order valence-corrected chi connectivity index (χ0v) is 11.5. The molecular formula is C12H19ClNOP. The molecule has 0 spiro atoms. The van der Waals surface area contributed by atoms with Crippen molar-refractivity contribution in [1.29, 1.82) is 0 Å². The lowest BCUT2D eigenvalue weighted by Gasteiger charge is -2.18. The average molecular weight is 260 g/mol. The minimum Gasteiger partial charge on any atom is -0.474 e. The second-order valence-electron chi connectivity index (χ2n) is 3.50. The molecule has 1 rings (SSSR count). The van der Waals surface area contributed by atoms with Crippen LogP contribution < -0.4 is 10.3 Å². The highest BCUT2D eigenvalue weighted by Gasteiger charge is 2.10. The van der Waals surface area contributed by atoms with E-state index in [1.165, 1.54) is 0 Å². The monoisotopic (exact) mass is 259 g/mol. The molecule has 0 bridgehead atoms. The van der Waals surface area contributed by atoms with Crippen molar-refractivity contribution in [2.45, 2.75) is 20.3 Å². The number of hydrogen-bond acceptors (Lipinski definition) is 2. The molecule has 2 N–H and O–H groups in total. The van der Waals surface area contributed by atoms with Crippen molar-refractivity contribution < 1.29 is 4.52 Å². The van der Waals surface area contributed by atoms with Gasteiger partial charge in [0.25, 0.3) is 0 Å². The molecule has 0 radical (unpaired) electrons. The smallest absolute Gasteiger partial charge is 0.128 e. The predicted octanol–water partition coefficient (Wildman–Crippen LogP) is 3.66. The van der Waals surface area contributed by atoms with Crippen molar-refractivity contribution in [1.82, 2.24) is 0 Å². The van der Waals surface area contributed by atoms with Crippen molar-refractivity contribution in [3.8, 4) is 5.75 Å². The third kappa shape index (κ3) is 3.93. The Morgan fingerprint density at radius 1 is 1.31 bits per heavy atom. The quantitative estimate of drug-likeness (QED) is 0.792. The molecule has 0 aliphatic heterocycles. The third-order valence-electron chi connectivity index (χ3n) is 2.38. The molecule has 0 aliphatic rings. The van der Waals surface area contributed by atoms with Gasteiger partial charge in [-0.3, -0.25) is 0 Å². The van der Waals surface area contributed by atoms with Gasteiger partial charge in [-0.05, 0) is 30.7 Å². The summed E-state index contributed by atoms with van der Waals surface area (Å²) in [5, 5.41) is 0.720. The fraction of sp³-hybridized carbons (Fsp3) is 0.500. The topological polar surface area (TPSA) is 35.2 Å². The summed E-state index contributed by atoms with van der Waals surface area (Å²) in [6.45, 7) is 4.94. The Bertz CT molecular complexity index is 329. The molecule has 0 fully saturated rings. The molecule has 0 saturated heterocycles. The second-order valence-corrected chi connectivity index (χ2v) is 6.34. The van der Waals surface area contributed by atoms with Gasteiger partial charge in [0.1, 0.15) is 5.75 Å². The highest BCUT2D eigenvalue weighted by molar-refractivity contribution is 7.52. The van der Waals surface area contributed by atoms with Crippen LogP contribution in [0.4, 0.5) is 0 Å². The summed E-state index contributed by atoms with van der Waals surface area (Å²) in [6, 6.07) is 5.79. The number of benzene rings is 1. The highest BCUT2D eigenvalue weighted by atomic mass is 35.5. The highest BCUT2D eigenvalue weighted by Crippen LogP contribution is 2.39. The summed E-state index contributed by atoms with van der Waals surface area (Å²) in [4.78, 5) is 0. The van der Waals surface area contributed by atoms with Crippen molar-refractivity contribution in [2.75, 3.05) is 18.9 Å². The molecule has 0 amide bonds. The average Bonchev–Trinajstić information content (AvgIpc) is 2.29. The molecule has 0 atom stereocenters. The molecule has 1 aromatic carbocycles. The first kappa shape index (κ1) is 13.8. The largest absolute Gasteiger partial charge is 0.474 e. The molecule has 0 unspecified atom stereocenters. The number of halogens is 1. The summed E-state index contributed by atoms with van der Waals surface area (Å²) in [7, 11) is -0.371. The van der Waals surface area contributed by atoms with Crippen molar-refractivity contribution in [3.05, 3.63) is 28.8 Å². The van der Waals surface area contributed by atoms with Crippen LogP contribution in [0.25, 0.3) is 0 Å². The normalized spacial score (nSPS) is 10.8. The zero-order chi connectivity index (χ0) is 12.0. The summed E-state index contributed by atoms with van der Waals surface area (Å²) >= 11 is 5.98. The van der Waals surface area contributed by atoms with E-state index in [4.69, 9.17) is 21.9 Å². The first-order valence-corrected chi connectivity index (χ1v) is 7.63. The molecule has 0 aliphatic carbocycles. The van der Waals surface area contributed by atoms with Gasteiger partial charge in [-0.25, -0.2) is 0 Å². The van der Waals surface area contributed by atoms with E-state index in [-0.39, 0.29) is 8.15 Å². The first-order chi connectivity index (χ1) is 7.71. The maximum Gasteiger partial charge on any atom is 0.128 e. The fourth-order valence-electron chi connectivity index (χ4n) is 1.47. The van der Waals surface area contributed by atoms with Crippen LogP contribution >= 0.6 is 19.7 Å². The summed E-state index contributed by atoms with van der Waals surface area (Å²) in [5.41, 5.74) is 6.73. The fourth-order valence-corrected chi connectivity index (χ4v) is 2.78. The van der Waals surface area contributed by atoms with Gasteiger partial charge in [0, 0.05) is 17.3 Å².